The van der Waals surface area contributed by atoms with Crippen molar-refractivity contribution in [1.29, 1.82) is 0 Å². The molecule has 176 valence electrons. The van der Waals surface area contributed by atoms with Crippen molar-refractivity contribution in [3.63, 3.8) is 0 Å². The highest BCUT2D eigenvalue weighted by atomic mass is 16.1. The molecular weight excluding hydrogens is 438 g/mol. The molecule has 0 aliphatic rings. The van der Waals surface area contributed by atoms with Gasteiger partial charge in [0.1, 0.15) is 11.4 Å². The molecule has 3 heterocycles. The van der Waals surface area contributed by atoms with Gasteiger partial charge in [0, 0.05) is 43.0 Å². The molecule has 0 fully saturated rings. The van der Waals surface area contributed by atoms with Crippen LogP contribution in [0.2, 0.25) is 0 Å². The number of aliphatic imine (C=N–C) groups is 1. The molecule has 1 atom stereocenters. The van der Waals surface area contributed by atoms with Crippen molar-refractivity contribution in [3.8, 4) is 17.1 Å². The summed E-state index contributed by atoms with van der Waals surface area (Å²) in [5.74, 6) is 0.665. The molecule has 5 rings (SSSR count). The van der Waals surface area contributed by atoms with E-state index in [0.717, 1.165) is 35.2 Å². The first-order valence-electron chi connectivity index (χ1n) is 11.6. The van der Waals surface area contributed by atoms with Gasteiger partial charge >= 0.3 is 0 Å². The van der Waals surface area contributed by atoms with Crippen LogP contribution in [0.5, 0.6) is 0 Å². The molecule has 0 saturated heterocycles. The molecule has 0 radical (unpaired) electrons. The summed E-state index contributed by atoms with van der Waals surface area (Å²) in [6.07, 6.45) is 9.78. The highest BCUT2D eigenvalue weighted by Crippen LogP contribution is 2.29. The number of nitrogens with one attached hydrogen (secondary N) is 3. The highest BCUT2D eigenvalue weighted by molar-refractivity contribution is 5.86. The molecule has 5 aromatic rings. The average molecular weight is 466 g/mol. The molecule has 3 N–H and O–H groups in total. The van der Waals surface area contributed by atoms with Crippen LogP contribution in [0.4, 0.5) is 5.69 Å². The summed E-state index contributed by atoms with van der Waals surface area (Å²) >= 11 is 0. The Kier molecular flexibility index (Phi) is 6.36. The van der Waals surface area contributed by atoms with E-state index in [2.05, 4.69) is 38.5 Å². The van der Waals surface area contributed by atoms with Crippen LogP contribution in [0.15, 0.2) is 83.2 Å². The molecule has 2 aromatic carbocycles. The summed E-state index contributed by atoms with van der Waals surface area (Å²) in [5, 5.41) is 3.24. The minimum atomic E-state index is -0.237. The van der Waals surface area contributed by atoms with Crippen molar-refractivity contribution in [2.24, 2.45) is 10.9 Å². The number of hydrogen-bond acceptors (Lipinski definition) is 5. The van der Waals surface area contributed by atoms with Crippen molar-refractivity contribution in [1.82, 2.24) is 29.8 Å². The molecule has 1 unspecified atom stereocenters. The first-order chi connectivity index (χ1) is 17.1. The van der Waals surface area contributed by atoms with E-state index >= 15 is 0 Å². The number of aromatic amines is 2. The molecular formula is C27H27N7O. The van der Waals surface area contributed by atoms with E-state index in [1.165, 1.54) is 5.56 Å². The van der Waals surface area contributed by atoms with Crippen LogP contribution in [0.3, 0.4) is 0 Å². The summed E-state index contributed by atoms with van der Waals surface area (Å²) in [5.41, 5.74) is 5.65. The van der Waals surface area contributed by atoms with Crippen LogP contribution in [0, 0.1) is 12.8 Å². The summed E-state index contributed by atoms with van der Waals surface area (Å²) in [6, 6.07) is 16.2. The summed E-state index contributed by atoms with van der Waals surface area (Å²) in [6.45, 7) is 2.78. The maximum Gasteiger partial charge on any atom is 0.261 e. The third-order valence-corrected chi connectivity index (χ3v) is 5.97. The Morgan fingerprint density at radius 2 is 2.06 bits per heavy atom. The molecule has 35 heavy (non-hydrogen) atoms. The first-order valence-corrected chi connectivity index (χ1v) is 11.6. The van der Waals surface area contributed by atoms with Crippen LogP contribution in [-0.4, -0.2) is 44.3 Å². The Bertz CT molecular complexity index is 1510. The van der Waals surface area contributed by atoms with Gasteiger partial charge in [-0.3, -0.25) is 9.79 Å². The van der Waals surface area contributed by atoms with E-state index in [4.69, 9.17) is 9.98 Å². The lowest BCUT2D eigenvalue weighted by Gasteiger charge is -2.12. The van der Waals surface area contributed by atoms with Gasteiger partial charge in [0.25, 0.3) is 5.56 Å². The zero-order chi connectivity index (χ0) is 24.2. The number of aryl methyl sites for hydroxylation is 1. The van der Waals surface area contributed by atoms with Gasteiger partial charge in [-0.2, -0.15) is 0 Å². The smallest absolute Gasteiger partial charge is 0.261 e. The Morgan fingerprint density at radius 3 is 2.83 bits per heavy atom. The predicted octanol–water partition coefficient (Wildman–Crippen LogP) is 4.19. The number of aromatic nitrogens is 5. The summed E-state index contributed by atoms with van der Waals surface area (Å²) in [4.78, 5) is 32.7. The minimum Gasteiger partial charge on any atom is -0.338 e. The van der Waals surface area contributed by atoms with E-state index in [0.29, 0.717) is 17.1 Å². The monoisotopic (exact) mass is 465 g/mol. The molecule has 8 heteroatoms. The Labute approximate surface area is 202 Å². The Hall–Kier alpha value is -4.30. The van der Waals surface area contributed by atoms with E-state index in [9.17, 15) is 4.79 Å². The minimum absolute atomic E-state index is 0.171. The van der Waals surface area contributed by atoms with Gasteiger partial charge in [-0.1, -0.05) is 30.3 Å². The summed E-state index contributed by atoms with van der Waals surface area (Å²) < 4.78 is 1.94. The maximum absolute atomic E-state index is 12.9. The van der Waals surface area contributed by atoms with E-state index in [1.54, 1.807) is 18.7 Å². The van der Waals surface area contributed by atoms with Gasteiger partial charge in [0.05, 0.1) is 23.0 Å². The molecule has 8 nitrogen and oxygen atoms in total. The Morgan fingerprint density at radius 1 is 1.20 bits per heavy atom. The van der Waals surface area contributed by atoms with Crippen molar-refractivity contribution >= 4 is 22.9 Å². The van der Waals surface area contributed by atoms with Gasteiger partial charge in [-0.15, -0.1) is 0 Å². The fourth-order valence-electron chi connectivity index (χ4n) is 4.30. The average Bonchev–Trinajstić information content (AvgIpc) is 3.54. The normalized spacial score (nSPS) is 12.5. The van der Waals surface area contributed by atoms with Crippen molar-refractivity contribution < 1.29 is 0 Å². The molecule has 0 amide bonds. The molecule has 0 aliphatic carbocycles. The van der Waals surface area contributed by atoms with Crippen molar-refractivity contribution in [2.75, 3.05) is 13.6 Å². The van der Waals surface area contributed by atoms with Crippen LogP contribution in [0.1, 0.15) is 11.1 Å². The molecule has 0 saturated carbocycles. The first kappa shape index (κ1) is 22.5. The third kappa shape index (κ3) is 4.83. The number of H-pyrrole nitrogens is 2. The lowest BCUT2D eigenvalue weighted by Crippen LogP contribution is -2.22. The van der Waals surface area contributed by atoms with Crippen LogP contribution < -0.4 is 10.9 Å². The number of fused-ring (bicyclic) bond motifs is 1. The van der Waals surface area contributed by atoms with Crippen molar-refractivity contribution in [2.45, 2.75) is 13.3 Å². The lowest BCUT2D eigenvalue weighted by atomic mass is 10.0. The molecule has 0 aliphatic heterocycles. The van der Waals surface area contributed by atoms with Crippen LogP contribution in [-0.2, 0) is 6.42 Å². The fraction of sp³-hybridized carbons (Fsp3) is 0.185. The molecule has 0 spiro atoms. The molecule has 0 bridgehead atoms. The fourth-order valence-corrected chi connectivity index (χ4v) is 4.30. The van der Waals surface area contributed by atoms with Gasteiger partial charge < -0.3 is 19.9 Å². The second-order valence-electron chi connectivity index (χ2n) is 8.57. The lowest BCUT2D eigenvalue weighted by molar-refractivity contribution is 0.636. The number of benzene rings is 2. The highest BCUT2D eigenvalue weighted by Gasteiger charge is 2.16. The zero-order valence-electron chi connectivity index (χ0n) is 19.7. The SMILES string of the molecule is CNCC(C=Nc1cc[nH]c(=O)c1-c1nc2c(C)cc(-n3ccnc3)cc2[nH]1)Cc1ccccc1. The number of nitrogens with zero attached hydrogens (tertiary/aromatic N) is 4. The number of imidazole rings is 2. The quantitative estimate of drug-likeness (QED) is 0.299. The standard InChI is InChI=1S/C27H27N7O/c1-18-12-21(34-11-10-29-17-34)14-23-25(18)33-26(32-23)24-22(8-9-30-27(24)35)31-16-20(15-28-2)13-19-6-4-3-5-7-19/h3-12,14,16-17,20,28H,13,15H2,1-2H3,(H,30,35)(H,32,33). The van der Waals surface area contributed by atoms with Gasteiger partial charge in [-0.25, -0.2) is 9.97 Å². The number of pyridine rings is 1. The second-order valence-corrected chi connectivity index (χ2v) is 8.57. The van der Waals surface area contributed by atoms with Crippen LogP contribution >= 0.6 is 0 Å². The molecule has 3 aromatic heterocycles. The predicted molar refractivity (Wildman–Crippen MR) is 140 cm³/mol. The largest absolute Gasteiger partial charge is 0.338 e. The van der Waals surface area contributed by atoms with Gasteiger partial charge in [0.2, 0.25) is 0 Å². The van der Waals surface area contributed by atoms with E-state index in [-0.39, 0.29) is 11.5 Å². The summed E-state index contributed by atoms with van der Waals surface area (Å²) in [7, 11) is 1.93. The van der Waals surface area contributed by atoms with Crippen molar-refractivity contribution in [3.05, 3.63) is 94.9 Å². The number of rotatable bonds is 8. The third-order valence-electron chi connectivity index (χ3n) is 5.97. The topological polar surface area (TPSA) is 104 Å². The second kappa shape index (κ2) is 9.90. The van der Waals surface area contributed by atoms with Gasteiger partial charge in [0.15, 0.2) is 0 Å². The number of hydrogen-bond donors (Lipinski definition) is 3. The van der Waals surface area contributed by atoms with Crippen LogP contribution in [0.25, 0.3) is 28.1 Å². The Balaban J connectivity index is 1.51. The van der Waals surface area contributed by atoms with E-state index in [1.807, 2.05) is 61.3 Å². The van der Waals surface area contributed by atoms with Gasteiger partial charge in [-0.05, 0) is 49.7 Å². The zero-order valence-corrected chi connectivity index (χ0v) is 19.7. The maximum atomic E-state index is 12.9. The van der Waals surface area contributed by atoms with E-state index < -0.39 is 0 Å².